The van der Waals surface area contributed by atoms with Crippen LogP contribution in [0, 0.1) is 11.7 Å². The third-order valence-electron chi connectivity index (χ3n) is 8.53. The van der Waals surface area contributed by atoms with E-state index in [1.165, 1.54) is 12.1 Å². The molecule has 7 heteroatoms. The fourth-order valence-corrected chi connectivity index (χ4v) is 6.59. The lowest BCUT2D eigenvalue weighted by atomic mass is 9.93. The minimum absolute atomic E-state index is 0.0271. The maximum Gasteiger partial charge on any atom is 0.306 e. The number of ether oxygens (including phenoxy) is 2. The number of hydrogen-bond donors (Lipinski definition) is 1. The molecular formula is C43H55FN2O4. The van der Waals surface area contributed by atoms with Gasteiger partial charge in [0.1, 0.15) is 11.4 Å². The predicted molar refractivity (Wildman–Crippen MR) is 202 cm³/mol. The summed E-state index contributed by atoms with van der Waals surface area (Å²) < 4.78 is 28.9. The Morgan fingerprint density at radius 2 is 1.42 bits per heavy atom. The Bertz CT molecular complexity index is 1700. The van der Waals surface area contributed by atoms with Crippen LogP contribution in [-0.4, -0.2) is 33.7 Å². The molecule has 0 aliphatic heterocycles. The summed E-state index contributed by atoms with van der Waals surface area (Å²) in [5.74, 6) is -0.678. The van der Waals surface area contributed by atoms with Crippen molar-refractivity contribution in [3.05, 3.63) is 102 Å². The molecule has 0 bridgehead atoms. The highest BCUT2D eigenvalue weighted by Crippen LogP contribution is 2.43. The van der Waals surface area contributed by atoms with Crippen LogP contribution in [0.2, 0.25) is 0 Å². The van der Waals surface area contributed by atoms with Gasteiger partial charge in [0.15, 0.2) is 0 Å². The van der Waals surface area contributed by atoms with E-state index in [0.717, 1.165) is 34.5 Å². The van der Waals surface area contributed by atoms with E-state index in [0.29, 0.717) is 37.1 Å². The zero-order valence-electron chi connectivity index (χ0n) is 31.3. The number of carbonyl (C=O) groups is 2. The maximum absolute atomic E-state index is 14.4. The average molecular weight is 683 g/mol. The molecule has 2 atom stereocenters. The van der Waals surface area contributed by atoms with Gasteiger partial charge in [0.25, 0.3) is 5.91 Å². The summed E-state index contributed by atoms with van der Waals surface area (Å²) in [4.78, 5) is 27.3. The maximum atomic E-state index is 14.4. The van der Waals surface area contributed by atoms with Crippen LogP contribution >= 0.6 is 0 Å². The number of para-hydroxylation sites is 1. The van der Waals surface area contributed by atoms with E-state index in [9.17, 15) is 14.0 Å². The van der Waals surface area contributed by atoms with Crippen LogP contribution in [0.4, 0.5) is 10.1 Å². The molecule has 0 saturated carbocycles. The van der Waals surface area contributed by atoms with Crippen LogP contribution in [0.1, 0.15) is 110 Å². The van der Waals surface area contributed by atoms with Crippen LogP contribution in [0.25, 0.3) is 22.4 Å². The van der Waals surface area contributed by atoms with Crippen LogP contribution in [0.3, 0.4) is 0 Å². The first-order valence-corrected chi connectivity index (χ1v) is 17.9. The number of nitrogens with one attached hydrogen (secondary N) is 1. The number of rotatable bonds is 14. The summed E-state index contributed by atoms with van der Waals surface area (Å²) in [6.07, 6.45) is 2.28. The number of aromatic nitrogens is 1. The van der Waals surface area contributed by atoms with Crippen molar-refractivity contribution >= 4 is 17.6 Å². The molecular weight excluding hydrogens is 627 g/mol. The van der Waals surface area contributed by atoms with Crippen molar-refractivity contribution in [3.8, 4) is 22.4 Å². The van der Waals surface area contributed by atoms with E-state index in [4.69, 9.17) is 9.47 Å². The Morgan fingerprint density at radius 1 is 0.820 bits per heavy atom. The molecule has 1 aromatic heterocycles. The van der Waals surface area contributed by atoms with Gasteiger partial charge in [-0.3, -0.25) is 9.59 Å². The highest BCUT2D eigenvalue weighted by Gasteiger charge is 2.32. The molecule has 2 unspecified atom stereocenters. The van der Waals surface area contributed by atoms with E-state index in [-0.39, 0.29) is 35.6 Å². The smallest absolute Gasteiger partial charge is 0.306 e. The number of anilines is 1. The second-order valence-corrected chi connectivity index (χ2v) is 15.4. The number of carbonyl (C=O) groups excluding carboxylic acids is 2. The van der Waals surface area contributed by atoms with Crippen molar-refractivity contribution in [2.45, 2.75) is 118 Å². The van der Waals surface area contributed by atoms with E-state index in [1.54, 1.807) is 12.1 Å². The lowest BCUT2D eigenvalue weighted by Crippen LogP contribution is -2.31. The van der Waals surface area contributed by atoms with Gasteiger partial charge in [-0.25, -0.2) is 4.39 Å². The minimum atomic E-state index is -0.546. The molecule has 268 valence electrons. The number of amides is 1. The van der Waals surface area contributed by atoms with Crippen LogP contribution < -0.4 is 5.32 Å². The van der Waals surface area contributed by atoms with Crippen molar-refractivity contribution in [3.63, 3.8) is 0 Å². The molecule has 3 aromatic carbocycles. The average Bonchev–Trinajstić information content (AvgIpc) is 3.38. The quantitative estimate of drug-likeness (QED) is 0.134. The topological polar surface area (TPSA) is 69.6 Å². The molecule has 0 radical (unpaired) electrons. The lowest BCUT2D eigenvalue weighted by molar-refractivity contribution is -0.156. The summed E-state index contributed by atoms with van der Waals surface area (Å²) in [6, 6.07) is 25.9. The first-order chi connectivity index (χ1) is 23.6. The molecule has 0 saturated heterocycles. The van der Waals surface area contributed by atoms with Crippen molar-refractivity contribution in [1.82, 2.24) is 4.57 Å². The molecule has 6 nitrogen and oxygen atoms in total. The summed E-state index contributed by atoms with van der Waals surface area (Å²) >= 11 is 0. The second kappa shape index (κ2) is 16.7. The highest BCUT2D eigenvalue weighted by molar-refractivity contribution is 6.12. The normalized spacial score (nSPS) is 13.3. The molecule has 4 rings (SSSR count). The first kappa shape index (κ1) is 38.6. The fraction of sp³-hybridized carbons (Fsp3) is 0.442. The first-order valence-electron chi connectivity index (χ1n) is 17.9. The number of esters is 1. The fourth-order valence-electron chi connectivity index (χ4n) is 6.59. The third-order valence-corrected chi connectivity index (χ3v) is 8.53. The van der Waals surface area contributed by atoms with Crippen molar-refractivity contribution in [2.24, 2.45) is 5.92 Å². The Hall–Kier alpha value is -4.23. The Balaban J connectivity index is 1.86. The Morgan fingerprint density at radius 3 is 1.96 bits per heavy atom. The Kier molecular flexibility index (Phi) is 12.8. The summed E-state index contributed by atoms with van der Waals surface area (Å²) in [5, 5.41) is 3.15. The van der Waals surface area contributed by atoms with Gasteiger partial charge in [-0.15, -0.1) is 0 Å². The molecule has 0 fully saturated rings. The van der Waals surface area contributed by atoms with Gasteiger partial charge in [0.2, 0.25) is 0 Å². The molecule has 0 aliphatic carbocycles. The number of nitrogens with zero attached hydrogens (tertiary/aromatic N) is 1. The summed E-state index contributed by atoms with van der Waals surface area (Å²) in [7, 11) is 0. The van der Waals surface area contributed by atoms with Gasteiger partial charge < -0.3 is 19.4 Å². The number of halogens is 1. The lowest BCUT2D eigenvalue weighted by Gasteiger charge is -2.31. The number of hydrogen-bond acceptors (Lipinski definition) is 4. The monoisotopic (exact) mass is 682 g/mol. The van der Waals surface area contributed by atoms with Crippen molar-refractivity contribution in [1.29, 1.82) is 0 Å². The van der Waals surface area contributed by atoms with Gasteiger partial charge in [0, 0.05) is 29.9 Å². The molecule has 1 N–H and O–H groups in total. The van der Waals surface area contributed by atoms with Gasteiger partial charge in [0.05, 0.1) is 23.0 Å². The summed E-state index contributed by atoms with van der Waals surface area (Å²) in [5.41, 5.74) is 4.61. The summed E-state index contributed by atoms with van der Waals surface area (Å²) in [6.45, 7) is 18.7. The molecule has 50 heavy (non-hydrogen) atoms. The Labute approximate surface area is 298 Å². The van der Waals surface area contributed by atoms with E-state index in [1.807, 2.05) is 102 Å². The van der Waals surface area contributed by atoms with Crippen LogP contribution in [0.15, 0.2) is 84.9 Å². The second-order valence-electron chi connectivity index (χ2n) is 15.4. The molecule has 1 heterocycles. The van der Waals surface area contributed by atoms with E-state index >= 15 is 0 Å². The predicted octanol–water partition coefficient (Wildman–Crippen LogP) is 11.1. The van der Waals surface area contributed by atoms with Crippen molar-refractivity contribution < 1.29 is 23.5 Å². The largest absolute Gasteiger partial charge is 0.460 e. The van der Waals surface area contributed by atoms with Gasteiger partial charge in [-0.05, 0) is 114 Å². The molecule has 0 spiro atoms. The van der Waals surface area contributed by atoms with Gasteiger partial charge in [-0.2, -0.15) is 0 Å². The van der Waals surface area contributed by atoms with Crippen LogP contribution in [-0.2, 0) is 20.8 Å². The zero-order chi connectivity index (χ0) is 36.6. The van der Waals surface area contributed by atoms with Crippen LogP contribution in [0.5, 0.6) is 0 Å². The molecule has 1 amide bonds. The SMILES string of the molecule is CCC(CC(=O)OC(C)(C)C)CC(CCn1c(-c2ccc(F)cc2)c(-c2ccccc2)c(C(=O)Nc2ccccc2)c1C(C)C)OC(C)(C)C. The van der Waals surface area contributed by atoms with E-state index in [2.05, 4.69) is 30.7 Å². The minimum Gasteiger partial charge on any atom is -0.460 e. The number of benzene rings is 3. The van der Waals surface area contributed by atoms with E-state index < -0.39 is 11.2 Å². The molecule has 0 aliphatic rings. The third kappa shape index (κ3) is 10.6. The van der Waals surface area contributed by atoms with Gasteiger partial charge >= 0.3 is 5.97 Å². The standard InChI is InChI=1S/C43H55FN2O4/c1-10-30(28-36(47)50-43(7,8)9)27-35(49-42(4,5)6)25-26-46-39(29(2)3)38(41(48)45-34-19-15-12-16-20-34)37(31-17-13-11-14-18-31)40(46)32-21-23-33(44)24-22-32/h11-24,29-30,35H,10,25-28H2,1-9H3,(H,45,48). The zero-order valence-corrected chi connectivity index (χ0v) is 31.3. The molecule has 4 aromatic rings. The highest BCUT2D eigenvalue weighted by atomic mass is 19.1. The van der Waals surface area contributed by atoms with Crippen molar-refractivity contribution in [2.75, 3.05) is 5.32 Å². The van der Waals surface area contributed by atoms with Gasteiger partial charge in [-0.1, -0.05) is 75.7 Å².